The third kappa shape index (κ3) is 6.05. The van der Waals surface area contributed by atoms with Crippen LogP contribution in [0.25, 0.3) is 0 Å². The molecule has 0 aliphatic heterocycles. The molecule has 0 atom stereocenters. The van der Waals surface area contributed by atoms with Crippen LogP contribution < -0.4 is 20.5 Å². The number of hydrogen-bond donors (Lipinski definition) is 3. The van der Waals surface area contributed by atoms with E-state index in [4.69, 9.17) is 9.88 Å². The number of primary sulfonamides is 1. The Balaban J connectivity index is 1.70. The summed E-state index contributed by atoms with van der Waals surface area (Å²) in [4.78, 5) is 11.8. The fourth-order valence-electron chi connectivity index (χ4n) is 2.34. The van der Waals surface area contributed by atoms with Crippen LogP contribution >= 0.6 is 0 Å². The Hall–Kier alpha value is -2.58. The maximum atomic E-state index is 11.8. The predicted molar refractivity (Wildman–Crippen MR) is 99.4 cm³/mol. The molecule has 7 nitrogen and oxygen atoms in total. The number of aryl methyl sites for hydroxylation is 1. The predicted octanol–water partition coefficient (Wildman–Crippen LogP) is 1.77. The van der Waals surface area contributed by atoms with E-state index in [-0.39, 0.29) is 17.7 Å². The Morgan fingerprint density at radius 1 is 1.08 bits per heavy atom. The number of carbonyl (C=O) groups is 1. The van der Waals surface area contributed by atoms with E-state index in [1.54, 1.807) is 12.1 Å². The number of ether oxygens (including phenoxy) is 1. The molecule has 0 spiro atoms. The molecule has 2 aromatic carbocycles. The molecule has 0 aromatic heterocycles. The quantitative estimate of drug-likeness (QED) is 0.609. The van der Waals surface area contributed by atoms with Crippen molar-refractivity contribution >= 4 is 16.1 Å². The number of nitrogens with one attached hydrogen (secondary N) is 2. The lowest BCUT2D eigenvalue weighted by Crippen LogP contribution is -2.38. The molecule has 0 heterocycles. The molecule has 0 unspecified atom stereocenters. The van der Waals surface area contributed by atoms with Gasteiger partial charge in [-0.05, 0) is 42.2 Å². The minimum atomic E-state index is -3.69. The number of rotatable bonds is 8. The van der Waals surface area contributed by atoms with Crippen LogP contribution in [0.2, 0.25) is 0 Å². The molecular weight excluding hydrogens is 354 g/mol. The number of carbonyl (C=O) groups excluding carboxylic acids is 1. The Morgan fingerprint density at radius 3 is 2.42 bits per heavy atom. The van der Waals surface area contributed by atoms with Crippen LogP contribution in [-0.4, -0.2) is 27.7 Å². The van der Waals surface area contributed by atoms with Gasteiger partial charge in [-0.1, -0.05) is 37.3 Å². The van der Waals surface area contributed by atoms with Crippen molar-refractivity contribution < 1.29 is 17.9 Å². The number of amides is 2. The van der Waals surface area contributed by atoms with E-state index in [1.165, 1.54) is 12.1 Å². The normalized spacial score (nSPS) is 11.0. The largest absolute Gasteiger partial charge is 0.473 e. The number of sulfonamides is 1. The van der Waals surface area contributed by atoms with Gasteiger partial charge in [0.15, 0.2) is 6.73 Å². The molecule has 0 radical (unpaired) electrons. The highest BCUT2D eigenvalue weighted by Gasteiger charge is 2.07. The minimum absolute atomic E-state index is 0.0662. The fourth-order valence-corrected chi connectivity index (χ4v) is 2.86. The molecule has 0 bridgehead atoms. The number of urea groups is 1. The standard InChI is InChI=1S/C18H23N3O4S/c1-2-15-5-3-4-6-17(15)25-13-21-18(22)20-12-11-14-7-9-16(10-8-14)26(19,23)24/h3-10H,2,11-13H2,1H3,(H2,19,23,24)(H2,20,21,22). The second kappa shape index (κ2) is 9.21. The molecule has 2 amide bonds. The summed E-state index contributed by atoms with van der Waals surface area (Å²) >= 11 is 0. The Kier molecular flexibility index (Phi) is 6.99. The lowest BCUT2D eigenvalue weighted by atomic mass is 10.1. The van der Waals surface area contributed by atoms with Gasteiger partial charge >= 0.3 is 6.03 Å². The van der Waals surface area contributed by atoms with Gasteiger partial charge in [0.25, 0.3) is 0 Å². The first-order valence-corrected chi connectivity index (χ1v) is 9.79. The van der Waals surface area contributed by atoms with Crippen LogP contribution in [0.4, 0.5) is 4.79 Å². The minimum Gasteiger partial charge on any atom is -0.473 e. The first-order chi connectivity index (χ1) is 12.4. The molecular formula is C18H23N3O4S. The SMILES string of the molecule is CCc1ccccc1OCNC(=O)NCCc1ccc(S(N)(=O)=O)cc1. The second-order valence-corrected chi connectivity index (χ2v) is 7.18. The van der Waals surface area contributed by atoms with Crippen molar-refractivity contribution in [3.63, 3.8) is 0 Å². The smallest absolute Gasteiger partial charge is 0.317 e. The molecule has 0 saturated heterocycles. The maximum Gasteiger partial charge on any atom is 0.317 e. The van der Waals surface area contributed by atoms with Crippen molar-refractivity contribution in [2.45, 2.75) is 24.7 Å². The lowest BCUT2D eigenvalue weighted by Gasteiger charge is -2.12. The number of benzene rings is 2. The van der Waals surface area contributed by atoms with Gasteiger partial charge < -0.3 is 15.4 Å². The van der Waals surface area contributed by atoms with Crippen molar-refractivity contribution in [1.29, 1.82) is 0 Å². The Bertz CT molecular complexity index is 836. The number of para-hydroxylation sites is 1. The molecule has 0 aliphatic carbocycles. The Morgan fingerprint density at radius 2 is 1.77 bits per heavy atom. The van der Waals surface area contributed by atoms with Gasteiger partial charge in [0, 0.05) is 6.54 Å². The average molecular weight is 377 g/mol. The summed E-state index contributed by atoms with van der Waals surface area (Å²) < 4.78 is 28.0. The third-order valence-electron chi connectivity index (χ3n) is 3.77. The topological polar surface area (TPSA) is 111 Å². The summed E-state index contributed by atoms with van der Waals surface area (Å²) in [7, 11) is -3.69. The summed E-state index contributed by atoms with van der Waals surface area (Å²) in [6, 6.07) is 13.6. The van der Waals surface area contributed by atoms with Crippen molar-refractivity contribution in [3.05, 3.63) is 59.7 Å². The number of nitrogens with two attached hydrogens (primary N) is 1. The second-order valence-electron chi connectivity index (χ2n) is 5.62. The van der Waals surface area contributed by atoms with E-state index in [9.17, 15) is 13.2 Å². The van der Waals surface area contributed by atoms with E-state index < -0.39 is 10.0 Å². The first-order valence-electron chi connectivity index (χ1n) is 8.24. The van der Waals surface area contributed by atoms with Crippen molar-refractivity contribution in [2.24, 2.45) is 5.14 Å². The highest BCUT2D eigenvalue weighted by molar-refractivity contribution is 7.89. The zero-order chi connectivity index (χ0) is 19.0. The van der Waals surface area contributed by atoms with Gasteiger partial charge in [-0.2, -0.15) is 0 Å². The van der Waals surface area contributed by atoms with Crippen molar-refractivity contribution in [1.82, 2.24) is 10.6 Å². The molecule has 0 aliphatic rings. The summed E-state index contributed by atoms with van der Waals surface area (Å²) in [6.07, 6.45) is 1.42. The molecule has 0 saturated carbocycles. The molecule has 2 rings (SSSR count). The van der Waals surface area contributed by atoms with E-state index in [1.807, 2.05) is 31.2 Å². The average Bonchev–Trinajstić information content (AvgIpc) is 2.62. The molecule has 140 valence electrons. The zero-order valence-corrected chi connectivity index (χ0v) is 15.4. The van der Waals surface area contributed by atoms with Gasteiger partial charge in [-0.15, -0.1) is 0 Å². The van der Waals surface area contributed by atoms with E-state index in [0.717, 1.165) is 23.3 Å². The highest BCUT2D eigenvalue weighted by atomic mass is 32.2. The fraction of sp³-hybridized carbons (Fsp3) is 0.278. The summed E-state index contributed by atoms with van der Waals surface area (Å²) in [5.41, 5.74) is 1.98. The van der Waals surface area contributed by atoms with Crippen LogP contribution in [0, 0.1) is 0 Å². The van der Waals surface area contributed by atoms with Crippen LogP contribution in [0.15, 0.2) is 53.4 Å². The van der Waals surface area contributed by atoms with Gasteiger partial charge in [0.05, 0.1) is 4.90 Å². The van der Waals surface area contributed by atoms with Gasteiger partial charge in [-0.25, -0.2) is 18.4 Å². The third-order valence-corrected chi connectivity index (χ3v) is 4.69. The van der Waals surface area contributed by atoms with Gasteiger partial charge in [0.1, 0.15) is 5.75 Å². The highest BCUT2D eigenvalue weighted by Crippen LogP contribution is 2.17. The van der Waals surface area contributed by atoms with E-state index in [2.05, 4.69) is 10.6 Å². The first kappa shape index (κ1) is 19.7. The van der Waals surface area contributed by atoms with Gasteiger partial charge in [0.2, 0.25) is 10.0 Å². The summed E-state index contributed by atoms with van der Waals surface area (Å²) in [6.45, 7) is 2.52. The molecule has 0 fully saturated rings. The van der Waals surface area contributed by atoms with Crippen LogP contribution in [0.5, 0.6) is 5.75 Å². The van der Waals surface area contributed by atoms with Crippen LogP contribution in [0.1, 0.15) is 18.1 Å². The Labute approximate surface area is 153 Å². The summed E-state index contributed by atoms with van der Waals surface area (Å²) in [5.74, 6) is 0.755. The maximum absolute atomic E-state index is 11.8. The van der Waals surface area contributed by atoms with Crippen molar-refractivity contribution in [3.8, 4) is 5.75 Å². The van der Waals surface area contributed by atoms with Crippen LogP contribution in [-0.2, 0) is 22.9 Å². The van der Waals surface area contributed by atoms with Crippen molar-refractivity contribution in [2.75, 3.05) is 13.3 Å². The molecule has 26 heavy (non-hydrogen) atoms. The van der Waals surface area contributed by atoms with E-state index >= 15 is 0 Å². The lowest BCUT2D eigenvalue weighted by molar-refractivity contribution is 0.223. The van der Waals surface area contributed by atoms with E-state index in [0.29, 0.717) is 13.0 Å². The van der Waals surface area contributed by atoms with Gasteiger partial charge in [-0.3, -0.25) is 0 Å². The summed E-state index contributed by atoms with van der Waals surface area (Å²) in [5, 5.41) is 10.4. The molecule has 8 heteroatoms. The zero-order valence-electron chi connectivity index (χ0n) is 14.6. The molecule has 4 N–H and O–H groups in total. The monoisotopic (exact) mass is 377 g/mol. The number of hydrogen-bond acceptors (Lipinski definition) is 4. The van der Waals surface area contributed by atoms with Crippen LogP contribution in [0.3, 0.4) is 0 Å². The molecule has 2 aromatic rings.